The van der Waals surface area contributed by atoms with Crippen LogP contribution in [0.3, 0.4) is 0 Å². The fraction of sp³-hybridized carbons (Fsp3) is 0.974. The third-order valence-corrected chi connectivity index (χ3v) is 18.4. The Balaban J connectivity index is 3.33. The number of rotatable bonds is 73. The number of hydrogen-bond donors (Lipinski definition) is 3. The van der Waals surface area contributed by atoms with Gasteiger partial charge in [-0.15, -0.1) is 0 Å². The number of nitrogens with one attached hydrogen (secondary N) is 1. The lowest BCUT2D eigenvalue weighted by Crippen LogP contribution is -2.45. The number of carbonyl (C=O) groups is 2. The van der Waals surface area contributed by atoms with Crippen molar-refractivity contribution < 1.29 is 24.5 Å². The average molecular weight is 1160 g/mol. The highest BCUT2D eigenvalue weighted by atomic mass is 16.5. The van der Waals surface area contributed by atoms with Gasteiger partial charge in [0.05, 0.1) is 25.4 Å². The Hall–Kier alpha value is -1.14. The van der Waals surface area contributed by atoms with E-state index in [1.807, 2.05) is 0 Å². The van der Waals surface area contributed by atoms with Gasteiger partial charge in [-0.05, 0) is 25.7 Å². The molecule has 0 aromatic rings. The van der Waals surface area contributed by atoms with Crippen LogP contribution in [0.5, 0.6) is 0 Å². The number of unbranched alkanes of at least 4 members (excludes halogenated alkanes) is 62. The van der Waals surface area contributed by atoms with Crippen molar-refractivity contribution in [1.29, 1.82) is 0 Å². The molecule has 0 fully saturated rings. The molecule has 0 rings (SSSR count). The van der Waals surface area contributed by atoms with Gasteiger partial charge in [0, 0.05) is 12.8 Å². The fourth-order valence-corrected chi connectivity index (χ4v) is 12.6. The number of aliphatic hydroxyl groups is 2. The van der Waals surface area contributed by atoms with Gasteiger partial charge in [-0.3, -0.25) is 9.59 Å². The third-order valence-electron chi connectivity index (χ3n) is 18.4. The van der Waals surface area contributed by atoms with Gasteiger partial charge >= 0.3 is 5.97 Å². The highest BCUT2D eigenvalue weighted by molar-refractivity contribution is 5.76. The number of amides is 1. The van der Waals surface area contributed by atoms with Crippen LogP contribution in [0.4, 0.5) is 0 Å². The molecule has 6 nitrogen and oxygen atoms in total. The van der Waals surface area contributed by atoms with Gasteiger partial charge in [0.15, 0.2) is 0 Å². The van der Waals surface area contributed by atoms with Crippen molar-refractivity contribution in [3.8, 4) is 0 Å². The molecule has 0 aliphatic heterocycles. The minimum Gasteiger partial charge on any atom is -0.466 e. The van der Waals surface area contributed by atoms with Gasteiger partial charge in [-0.25, -0.2) is 0 Å². The molecule has 1 amide bonds. The van der Waals surface area contributed by atoms with Crippen LogP contribution in [0.15, 0.2) is 0 Å². The van der Waals surface area contributed by atoms with E-state index in [0.717, 1.165) is 38.5 Å². The maximum Gasteiger partial charge on any atom is 0.305 e. The molecular formula is C76H151NO5. The lowest BCUT2D eigenvalue weighted by atomic mass is 10.0. The zero-order valence-electron chi connectivity index (χ0n) is 56.3. The second kappa shape index (κ2) is 72.3. The van der Waals surface area contributed by atoms with Gasteiger partial charge < -0.3 is 20.3 Å². The van der Waals surface area contributed by atoms with Crippen LogP contribution < -0.4 is 5.32 Å². The summed E-state index contributed by atoms with van der Waals surface area (Å²) >= 11 is 0. The van der Waals surface area contributed by atoms with E-state index in [4.69, 9.17) is 4.74 Å². The molecule has 2 unspecified atom stereocenters. The Morgan fingerprint density at radius 3 is 0.744 bits per heavy atom. The molecule has 0 spiro atoms. The summed E-state index contributed by atoms with van der Waals surface area (Å²) in [5.74, 6) is -0.00365. The molecule has 0 radical (unpaired) electrons. The predicted molar refractivity (Wildman–Crippen MR) is 361 cm³/mol. The van der Waals surface area contributed by atoms with Crippen LogP contribution in [-0.2, 0) is 14.3 Å². The van der Waals surface area contributed by atoms with Crippen LogP contribution >= 0.6 is 0 Å². The first-order valence-corrected chi connectivity index (χ1v) is 38.3. The van der Waals surface area contributed by atoms with E-state index >= 15 is 0 Å². The second-order valence-corrected chi connectivity index (χ2v) is 26.7. The average Bonchev–Trinajstić information content (AvgIpc) is 3.48. The zero-order chi connectivity index (χ0) is 59.2. The summed E-state index contributed by atoms with van der Waals surface area (Å²) in [7, 11) is 0. The Morgan fingerprint density at radius 1 is 0.293 bits per heavy atom. The second-order valence-electron chi connectivity index (χ2n) is 26.7. The van der Waals surface area contributed by atoms with E-state index in [1.54, 1.807) is 0 Å². The molecule has 0 aliphatic rings. The maximum absolute atomic E-state index is 12.6. The van der Waals surface area contributed by atoms with E-state index in [9.17, 15) is 19.8 Å². The van der Waals surface area contributed by atoms with Crippen LogP contribution in [0.2, 0.25) is 0 Å². The van der Waals surface area contributed by atoms with Gasteiger partial charge in [0.1, 0.15) is 0 Å². The number of esters is 1. The molecule has 0 aromatic carbocycles. The van der Waals surface area contributed by atoms with Crippen LogP contribution in [0.25, 0.3) is 0 Å². The summed E-state index contributed by atoms with van der Waals surface area (Å²) in [6, 6.07) is -0.540. The summed E-state index contributed by atoms with van der Waals surface area (Å²) in [6.45, 7) is 5.02. The summed E-state index contributed by atoms with van der Waals surface area (Å²) in [4.78, 5) is 24.7. The predicted octanol–water partition coefficient (Wildman–Crippen LogP) is 24.9. The molecule has 0 saturated carbocycles. The number of aliphatic hydroxyl groups excluding tert-OH is 2. The standard InChI is InChI=1S/C76H151NO5/c1-3-5-7-9-11-13-15-17-19-21-22-23-30-33-37-40-44-48-52-56-60-64-68-74(79)73(72-78)77-75(80)69-65-61-57-53-49-45-41-38-34-31-28-26-24-25-27-29-32-35-39-43-47-51-55-59-63-67-71-82-76(81)70-66-62-58-54-50-46-42-36-20-18-16-14-12-10-8-6-4-2/h73-74,78-79H,3-72H2,1-2H3,(H,77,80). The SMILES string of the molecule is CCCCCCCCCCCCCCCCCCCCCCCCC(O)C(CO)NC(=O)CCCCCCCCCCCCCCCCCCCCCCCCCCCCOC(=O)CCCCCCCCCCCCCCCCCCC. The quantitative estimate of drug-likeness (QED) is 0.0417. The van der Waals surface area contributed by atoms with Crippen molar-refractivity contribution in [2.24, 2.45) is 0 Å². The largest absolute Gasteiger partial charge is 0.466 e. The van der Waals surface area contributed by atoms with Gasteiger partial charge in [-0.2, -0.15) is 0 Å². The first-order valence-electron chi connectivity index (χ1n) is 38.3. The van der Waals surface area contributed by atoms with Gasteiger partial charge in [0.25, 0.3) is 0 Å². The van der Waals surface area contributed by atoms with Crippen molar-refractivity contribution in [2.75, 3.05) is 13.2 Å². The third kappa shape index (κ3) is 68.0. The molecule has 2 atom stereocenters. The first kappa shape index (κ1) is 80.9. The minimum atomic E-state index is -0.663. The minimum absolute atomic E-state index is 0.0229. The molecule has 3 N–H and O–H groups in total. The van der Waals surface area contributed by atoms with E-state index in [1.165, 1.54) is 379 Å². The number of hydrogen-bond acceptors (Lipinski definition) is 5. The molecule has 82 heavy (non-hydrogen) atoms. The topological polar surface area (TPSA) is 95.9 Å². The van der Waals surface area contributed by atoms with E-state index < -0.39 is 12.1 Å². The normalized spacial score (nSPS) is 12.4. The van der Waals surface area contributed by atoms with Crippen LogP contribution in [0.1, 0.15) is 450 Å². The van der Waals surface area contributed by atoms with Gasteiger partial charge in [-0.1, -0.05) is 412 Å². The Labute approximate surface area is 515 Å². The highest BCUT2D eigenvalue weighted by Crippen LogP contribution is 2.20. The molecule has 0 aromatic heterocycles. The lowest BCUT2D eigenvalue weighted by molar-refractivity contribution is -0.143. The van der Waals surface area contributed by atoms with Gasteiger partial charge in [0.2, 0.25) is 5.91 Å². The van der Waals surface area contributed by atoms with Crippen LogP contribution in [-0.4, -0.2) is 47.4 Å². The fourth-order valence-electron chi connectivity index (χ4n) is 12.6. The molecule has 6 heteroatoms. The highest BCUT2D eigenvalue weighted by Gasteiger charge is 2.20. The van der Waals surface area contributed by atoms with Crippen LogP contribution in [0, 0.1) is 0 Å². The van der Waals surface area contributed by atoms with Crippen molar-refractivity contribution in [1.82, 2.24) is 5.32 Å². The van der Waals surface area contributed by atoms with Crippen molar-refractivity contribution in [3.05, 3.63) is 0 Å². The molecule has 0 bridgehead atoms. The lowest BCUT2D eigenvalue weighted by Gasteiger charge is -2.22. The monoisotopic (exact) mass is 1160 g/mol. The molecular weight excluding hydrogens is 1010 g/mol. The summed E-state index contributed by atoms with van der Waals surface area (Å²) in [5.41, 5.74) is 0. The Morgan fingerprint density at radius 2 is 0.500 bits per heavy atom. The molecule has 0 saturated heterocycles. The molecule has 0 heterocycles. The van der Waals surface area contributed by atoms with E-state index in [-0.39, 0.29) is 18.5 Å². The van der Waals surface area contributed by atoms with E-state index in [0.29, 0.717) is 25.9 Å². The van der Waals surface area contributed by atoms with Crippen molar-refractivity contribution in [3.63, 3.8) is 0 Å². The Kier molecular flexibility index (Phi) is 71.3. The zero-order valence-corrected chi connectivity index (χ0v) is 56.3. The van der Waals surface area contributed by atoms with Crippen molar-refractivity contribution in [2.45, 2.75) is 463 Å². The first-order chi connectivity index (χ1) is 40.5. The molecule has 0 aliphatic carbocycles. The number of ether oxygens (including phenoxy) is 1. The summed E-state index contributed by atoms with van der Waals surface area (Å²) in [5, 5.41) is 23.5. The summed E-state index contributed by atoms with van der Waals surface area (Å²) < 4.78 is 5.51. The number of carbonyl (C=O) groups excluding carboxylic acids is 2. The smallest absolute Gasteiger partial charge is 0.305 e. The Bertz CT molecular complexity index is 1200. The van der Waals surface area contributed by atoms with Crippen molar-refractivity contribution >= 4 is 11.9 Å². The maximum atomic E-state index is 12.6. The summed E-state index contributed by atoms with van der Waals surface area (Å²) in [6.07, 6.45) is 88.9. The van der Waals surface area contributed by atoms with E-state index in [2.05, 4.69) is 19.2 Å². The molecule has 490 valence electrons.